The quantitative estimate of drug-likeness (QED) is 0.548. The zero-order valence-electron chi connectivity index (χ0n) is 9.60. The van der Waals surface area contributed by atoms with E-state index < -0.39 is 52.4 Å². The third-order valence-electron chi connectivity index (χ3n) is 2.50. The summed E-state index contributed by atoms with van der Waals surface area (Å²) < 4.78 is 140. The summed E-state index contributed by atoms with van der Waals surface area (Å²) in [7, 11) is 0. The SMILES string of the molecule is N#Cc1c(F)c(F)c(C(F)(C(F)(F)F)C(F)(F)F)c(F)c1F. The van der Waals surface area contributed by atoms with Gasteiger partial charge in [-0.15, -0.1) is 0 Å². The van der Waals surface area contributed by atoms with Crippen molar-refractivity contribution in [3.8, 4) is 6.07 Å². The molecule has 12 heteroatoms. The summed E-state index contributed by atoms with van der Waals surface area (Å²) in [5, 5.41) is 8.16. The first-order valence-electron chi connectivity index (χ1n) is 4.80. The van der Waals surface area contributed by atoms with Crippen LogP contribution in [0.3, 0.4) is 0 Å². The zero-order chi connectivity index (χ0) is 17.7. The van der Waals surface area contributed by atoms with Crippen LogP contribution in [0.2, 0.25) is 0 Å². The second-order valence-corrected chi connectivity index (χ2v) is 3.77. The van der Waals surface area contributed by atoms with Crippen LogP contribution >= 0.6 is 0 Å². The highest BCUT2D eigenvalue weighted by molar-refractivity contribution is 5.41. The van der Waals surface area contributed by atoms with Crippen molar-refractivity contribution in [1.29, 1.82) is 5.26 Å². The number of halogens is 11. The largest absolute Gasteiger partial charge is 0.436 e. The first-order valence-corrected chi connectivity index (χ1v) is 4.80. The number of nitriles is 1. The van der Waals surface area contributed by atoms with Gasteiger partial charge in [0.1, 0.15) is 11.6 Å². The van der Waals surface area contributed by atoms with Crippen molar-refractivity contribution in [3.05, 3.63) is 34.4 Å². The van der Waals surface area contributed by atoms with E-state index in [1.54, 1.807) is 0 Å². The van der Waals surface area contributed by atoms with Gasteiger partial charge in [0.2, 0.25) is 0 Å². The minimum Gasteiger partial charge on any atom is -0.218 e. The van der Waals surface area contributed by atoms with Gasteiger partial charge in [-0.2, -0.15) is 31.6 Å². The molecule has 22 heavy (non-hydrogen) atoms. The third-order valence-corrected chi connectivity index (χ3v) is 2.50. The Kier molecular flexibility index (Phi) is 4.08. The van der Waals surface area contributed by atoms with Gasteiger partial charge in [-0.05, 0) is 0 Å². The minimum atomic E-state index is -6.99. The number of nitrogens with zero attached hydrogens (tertiary/aromatic N) is 1. The van der Waals surface area contributed by atoms with Crippen LogP contribution in [0, 0.1) is 34.6 Å². The molecule has 0 radical (unpaired) electrons. The molecule has 1 aromatic rings. The van der Waals surface area contributed by atoms with E-state index in [2.05, 4.69) is 0 Å². The minimum absolute atomic E-state index is 0.486. The Morgan fingerprint density at radius 2 is 0.955 bits per heavy atom. The topological polar surface area (TPSA) is 23.8 Å². The highest BCUT2D eigenvalue weighted by Crippen LogP contribution is 2.55. The zero-order valence-corrected chi connectivity index (χ0v) is 9.60. The van der Waals surface area contributed by atoms with Gasteiger partial charge in [0.05, 0.1) is 5.56 Å². The monoisotopic (exact) mass is 343 g/mol. The summed E-state index contributed by atoms with van der Waals surface area (Å²) in [6.07, 6.45) is -14.0. The van der Waals surface area contributed by atoms with Crippen LogP contribution in [0.15, 0.2) is 0 Å². The predicted octanol–water partition coefficient (Wildman–Crippen LogP) is 4.40. The van der Waals surface area contributed by atoms with Gasteiger partial charge < -0.3 is 0 Å². The second-order valence-electron chi connectivity index (χ2n) is 3.77. The van der Waals surface area contributed by atoms with Gasteiger partial charge >= 0.3 is 18.0 Å². The van der Waals surface area contributed by atoms with E-state index in [1.165, 1.54) is 0 Å². The molecule has 0 aromatic heterocycles. The lowest BCUT2D eigenvalue weighted by Gasteiger charge is -2.30. The number of alkyl halides is 7. The molecule has 1 rings (SSSR count). The van der Waals surface area contributed by atoms with E-state index in [0.29, 0.717) is 6.07 Å². The molecule has 0 heterocycles. The van der Waals surface area contributed by atoms with Gasteiger partial charge in [0.15, 0.2) is 23.3 Å². The van der Waals surface area contributed by atoms with E-state index in [4.69, 9.17) is 5.26 Å². The third kappa shape index (κ3) is 2.24. The van der Waals surface area contributed by atoms with Crippen LogP contribution in [-0.4, -0.2) is 12.4 Å². The average Bonchev–Trinajstić information content (AvgIpc) is 2.34. The molecule has 0 fully saturated rings. The molecule has 0 N–H and O–H groups in total. The fourth-order valence-electron chi connectivity index (χ4n) is 1.48. The number of benzene rings is 1. The summed E-state index contributed by atoms with van der Waals surface area (Å²) in [6, 6.07) is 0.486. The van der Waals surface area contributed by atoms with Gasteiger partial charge in [0, 0.05) is 0 Å². The molecular formula is C10F11N. The van der Waals surface area contributed by atoms with Crippen molar-refractivity contribution in [2.75, 3.05) is 0 Å². The maximum Gasteiger partial charge on any atom is 0.436 e. The Hall–Kier alpha value is -2.06. The fraction of sp³-hybridized carbons (Fsp3) is 0.300. The summed E-state index contributed by atoms with van der Waals surface area (Å²) in [4.78, 5) is 0. The van der Waals surface area contributed by atoms with Crippen molar-refractivity contribution < 1.29 is 48.3 Å². The van der Waals surface area contributed by atoms with Crippen LogP contribution in [-0.2, 0) is 5.67 Å². The molecule has 0 aliphatic rings. The number of rotatable bonds is 1. The highest BCUT2D eigenvalue weighted by Gasteiger charge is 2.75. The van der Waals surface area contributed by atoms with E-state index in [0.717, 1.165) is 0 Å². The van der Waals surface area contributed by atoms with Crippen molar-refractivity contribution in [2.24, 2.45) is 0 Å². The molecule has 0 saturated carbocycles. The summed E-state index contributed by atoms with van der Waals surface area (Å²) in [6.45, 7) is 0. The van der Waals surface area contributed by atoms with E-state index >= 15 is 0 Å². The Labute approximate surface area is 113 Å². The van der Waals surface area contributed by atoms with Crippen molar-refractivity contribution in [2.45, 2.75) is 18.0 Å². The standard InChI is InChI=1S/C10F11N/c11-4-2(1-22)5(12)7(14)3(6(4)13)8(15,9(16,17)18)10(19,20)21. The summed E-state index contributed by atoms with van der Waals surface area (Å²) >= 11 is 0. The molecule has 0 unspecified atom stereocenters. The molecule has 0 saturated heterocycles. The highest BCUT2D eigenvalue weighted by atomic mass is 19.4. The molecule has 0 bridgehead atoms. The van der Waals surface area contributed by atoms with Crippen LogP contribution < -0.4 is 0 Å². The van der Waals surface area contributed by atoms with Gasteiger partial charge in [-0.1, -0.05) is 0 Å². The smallest absolute Gasteiger partial charge is 0.218 e. The molecule has 0 amide bonds. The first-order chi connectivity index (χ1) is 9.71. The molecule has 0 aliphatic heterocycles. The second kappa shape index (κ2) is 4.99. The molecular weight excluding hydrogens is 343 g/mol. The maximum atomic E-state index is 13.5. The maximum absolute atomic E-state index is 13.5. The van der Waals surface area contributed by atoms with Crippen LogP contribution in [0.25, 0.3) is 0 Å². The fourth-order valence-corrected chi connectivity index (χ4v) is 1.48. The summed E-state index contributed by atoms with van der Waals surface area (Å²) in [5.74, 6) is -12.4. The number of hydrogen-bond donors (Lipinski definition) is 0. The van der Waals surface area contributed by atoms with Crippen molar-refractivity contribution >= 4 is 0 Å². The van der Waals surface area contributed by atoms with Gasteiger partial charge in [0.25, 0.3) is 0 Å². The van der Waals surface area contributed by atoms with Crippen LogP contribution in [0.1, 0.15) is 11.1 Å². The Morgan fingerprint density at radius 3 is 1.18 bits per heavy atom. The van der Waals surface area contributed by atoms with Crippen LogP contribution in [0.5, 0.6) is 0 Å². The average molecular weight is 343 g/mol. The molecule has 0 aliphatic carbocycles. The molecule has 1 nitrogen and oxygen atoms in total. The molecule has 0 atom stereocenters. The molecule has 0 spiro atoms. The van der Waals surface area contributed by atoms with E-state index in [-0.39, 0.29) is 0 Å². The Bertz CT molecular complexity index is 606. The lowest BCUT2D eigenvalue weighted by Crippen LogP contribution is -2.51. The lowest BCUT2D eigenvalue weighted by atomic mass is 9.91. The summed E-state index contributed by atoms with van der Waals surface area (Å²) in [5.41, 5.74) is -12.4. The van der Waals surface area contributed by atoms with Gasteiger partial charge in [-0.25, -0.2) is 22.0 Å². The predicted molar refractivity (Wildman–Crippen MR) is 45.9 cm³/mol. The van der Waals surface area contributed by atoms with E-state index in [1.807, 2.05) is 0 Å². The molecule has 1 aromatic carbocycles. The van der Waals surface area contributed by atoms with Crippen LogP contribution in [0.4, 0.5) is 48.3 Å². The van der Waals surface area contributed by atoms with Crippen molar-refractivity contribution in [3.63, 3.8) is 0 Å². The van der Waals surface area contributed by atoms with Gasteiger partial charge in [-0.3, -0.25) is 0 Å². The Balaban J connectivity index is 4.02. The normalized spacial score (nSPS) is 13.2. The Morgan fingerprint density at radius 1 is 0.636 bits per heavy atom. The number of hydrogen-bond acceptors (Lipinski definition) is 1. The molecule has 122 valence electrons. The lowest BCUT2D eigenvalue weighted by molar-refractivity contribution is -0.350. The van der Waals surface area contributed by atoms with Crippen molar-refractivity contribution in [1.82, 2.24) is 0 Å². The van der Waals surface area contributed by atoms with E-state index in [9.17, 15) is 48.3 Å². The first kappa shape index (κ1) is 18.0.